The molecule has 7 heteroatoms. The van der Waals surface area contributed by atoms with Crippen LogP contribution in [0, 0.1) is 12.8 Å². The standard InChI is InChI=1S/C28H28N2O4S/c1-18-9-3-7-13-23(18)26-27(31)29-25(22-15-19-10-4-5-11-20(19)16-22)28(32)30(26)17-21-12-6-8-14-24(21)35(2,33)34/h3-14,22,25-26H,15-17H2,1-2H3,(H,29,31)/t25-,26-/m1/s1. The number of piperazine rings is 1. The summed E-state index contributed by atoms with van der Waals surface area (Å²) in [5.74, 6) is -0.468. The zero-order chi connectivity index (χ0) is 24.7. The van der Waals surface area contributed by atoms with Gasteiger partial charge in [0.15, 0.2) is 9.84 Å². The summed E-state index contributed by atoms with van der Waals surface area (Å²) in [6.07, 6.45) is 2.60. The molecule has 3 aromatic carbocycles. The second kappa shape index (κ2) is 8.96. The van der Waals surface area contributed by atoms with E-state index in [9.17, 15) is 18.0 Å². The maximum Gasteiger partial charge on any atom is 0.248 e. The largest absolute Gasteiger partial charge is 0.342 e. The van der Waals surface area contributed by atoms with E-state index in [1.807, 2.05) is 43.3 Å². The third-order valence-electron chi connectivity index (χ3n) is 7.16. The predicted octanol–water partition coefficient (Wildman–Crippen LogP) is 3.38. The molecule has 0 aromatic heterocycles. The third-order valence-corrected chi connectivity index (χ3v) is 8.35. The molecule has 6 nitrogen and oxygen atoms in total. The SMILES string of the molecule is Cc1ccccc1[C@@H]1C(=O)N[C@H](C2Cc3ccccc3C2)C(=O)N1Cc1ccccc1S(C)(=O)=O. The van der Waals surface area contributed by atoms with E-state index in [0.29, 0.717) is 5.56 Å². The summed E-state index contributed by atoms with van der Waals surface area (Å²) in [7, 11) is -3.51. The van der Waals surface area contributed by atoms with Gasteiger partial charge in [-0.2, -0.15) is 0 Å². The lowest BCUT2D eigenvalue weighted by Gasteiger charge is -2.41. The van der Waals surface area contributed by atoms with Crippen molar-refractivity contribution in [3.63, 3.8) is 0 Å². The van der Waals surface area contributed by atoms with Gasteiger partial charge < -0.3 is 10.2 Å². The van der Waals surface area contributed by atoms with E-state index < -0.39 is 21.9 Å². The van der Waals surface area contributed by atoms with Crippen LogP contribution in [0.3, 0.4) is 0 Å². The van der Waals surface area contributed by atoms with E-state index in [1.165, 1.54) is 11.1 Å². The van der Waals surface area contributed by atoms with Crippen molar-refractivity contribution >= 4 is 21.7 Å². The van der Waals surface area contributed by atoms with Crippen LogP contribution in [0.4, 0.5) is 0 Å². The van der Waals surface area contributed by atoms with Gasteiger partial charge in [-0.05, 0) is 59.6 Å². The number of carbonyl (C=O) groups is 2. The maximum absolute atomic E-state index is 14.0. The Bertz CT molecular complexity index is 1390. The van der Waals surface area contributed by atoms with Gasteiger partial charge in [-0.15, -0.1) is 0 Å². The fraction of sp³-hybridized carbons (Fsp3) is 0.286. The molecule has 180 valence electrons. The van der Waals surface area contributed by atoms with Crippen molar-refractivity contribution in [2.75, 3.05) is 6.26 Å². The van der Waals surface area contributed by atoms with E-state index in [-0.39, 0.29) is 29.2 Å². The molecule has 1 fully saturated rings. The molecule has 0 spiro atoms. The number of rotatable bonds is 5. The second-order valence-corrected chi connectivity index (χ2v) is 11.5. The van der Waals surface area contributed by atoms with Crippen molar-refractivity contribution in [2.24, 2.45) is 5.92 Å². The molecule has 3 aromatic rings. The number of hydrogen-bond donors (Lipinski definition) is 1. The summed E-state index contributed by atoms with van der Waals surface area (Å²) in [6.45, 7) is 1.94. The molecule has 1 N–H and O–H groups in total. The zero-order valence-electron chi connectivity index (χ0n) is 19.8. The number of benzene rings is 3. The lowest BCUT2D eigenvalue weighted by Crippen LogP contribution is -2.61. The van der Waals surface area contributed by atoms with Gasteiger partial charge in [-0.25, -0.2) is 8.42 Å². The monoisotopic (exact) mass is 488 g/mol. The molecule has 2 atom stereocenters. The van der Waals surface area contributed by atoms with Crippen LogP contribution in [0.25, 0.3) is 0 Å². The summed E-state index contributed by atoms with van der Waals surface area (Å²) in [6, 6.07) is 20.8. The summed E-state index contributed by atoms with van der Waals surface area (Å²) in [5, 5.41) is 3.03. The number of nitrogens with zero attached hydrogens (tertiary/aromatic N) is 1. The van der Waals surface area contributed by atoms with Gasteiger partial charge >= 0.3 is 0 Å². The minimum absolute atomic E-state index is 0.0324. The normalized spacial score (nSPS) is 20.6. The second-order valence-electron chi connectivity index (χ2n) is 9.53. The Morgan fingerprint density at radius 1 is 0.886 bits per heavy atom. The maximum atomic E-state index is 14.0. The predicted molar refractivity (Wildman–Crippen MR) is 133 cm³/mol. The molecule has 1 heterocycles. The third kappa shape index (κ3) is 4.36. The highest BCUT2D eigenvalue weighted by molar-refractivity contribution is 7.90. The van der Waals surface area contributed by atoms with Crippen LogP contribution in [-0.4, -0.2) is 37.4 Å². The Labute approximate surface area is 205 Å². The van der Waals surface area contributed by atoms with Crippen molar-refractivity contribution in [3.05, 3.63) is 101 Å². The van der Waals surface area contributed by atoms with Gasteiger partial charge in [-0.3, -0.25) is 9.59 Å². The van der Waals surface area contributed by atoms with Gasteiger partial charge in [0, 0.05) is 12.8 Å². The molecule has 2 aliphatic rings. The number of sulfone groups is 1. The van der Waals surface area contributed by atoms with Gasteiger partial charge in [0.2, 0.25) is 11.8 Å². The van der Waals surface area contributed by atoms with Gasteiger partial charge in [0.05, 0.1) is 4.90 Å². The van der Waals surface area contributed by atoms with E-state index >= 15 is 0 Å². The quantitative estimate of drug-likeness (QED) is 0.597. The van der Waals surface area contributed by atoms with Crippen molar-refractivity contribution in [3.8, 4) is 0 Å². The molecule has 1 saturated heterocycles. The lowest BCUT2D eigenvalue weighted by molar-refractivity contribution is -0.152. The topological polar surface area (TPSA) is 83.6 Å². The van der Waals surface area contributed by atoms with Crippen molar-refractivity contribution in [1.29, 1.82) is 0 Å². The van der Waals surface area contributed by atoms with E-state index in [4.69, 9.17) is 0 Å². The summed E-state index contributed by atoms with van der Waals surface area (Å²) >= 11 is 0. The van der Waals surface area contributed by atoms with Crippen LogP contribution in [0.5, 0.6) is 0 Å². The lowest BCUT2D eigenvalue weighted by atomic mass is 9.89. The minimum Gasteiger partial charge on any atom is -0.342 e. The number of fused-ring (bicyclic) bond motifs is 1. The Morgan fingerprint density at radius 3 is 2.14 bits per heavy atom. The number of amides is 2. The zero-order valence-corrected chi connectivity index (χ0v) is 20.6. The molecule has 1 aliphatic carbocycles. The highest BCUT2D eigenvalue weighted by Gasteiger charge is 2.46. The number of hydrogen-bond acceptors (Lipinski definition) is 4. The first-order valence-electron chi connectivity index (χ1n) is 11.7. The molecular formula is C28H28N2O4S. The highest BCUT2D eigenvalue weighted by Crippen LogP contribution is 2.36. The molecule has 0 saturated carbocycles. The van der Waals surface area contributed by atoms with Crippen LogP contribution in [0.15, 0.2) is 77.7 Å². The summed E-state index contributed by atoms with van der Waals surface area (Å²) < 4.78 is 24.9. The fourth-order valence-corrected chi connectivity index (χ4v) is 6.38. The number of carbonyl (C=O) groups excluding carboxylic acids is 2. The fourth-order valence-electron chi connectivity index (χ4n) is 5.44. The van der Waals surface area contributed by atoms with Crippen molar-refractivity contribution in [2.45, 2.75) is 43.3 Å². The molecule has 35 heavy (non-hydrogen) atoms. The number of aryl methyl sites for hydroxylation is 1. The first kappa shape index (κ1) is 23.3. The van der Waals surface area contributed by atoms with Crippen LogP contribution in [-0.2, 0) is 38.8 Å². The van der Waals surface area contributed by atoms with Gasteiger partial charge in [0.25, 0.3) is 0 Å². The van der Waals surface area contributed by atoms with Gasteiger partial charge in [0.1, 0.15) is 12.1 Å². The minimum atomic E-state index is -3.51. The molecular weight excluding hydrogens is 460 g/mol. The smallest absolute Gasteiger partial charge is 0.248 e. The van der Waals surface area contributed by atoms with Crippen LogP contribution >= 0.6 is 0 Å². The van der Waals surface area contributed by atoms with Crippen LogP contribution < -0.4 is 5.32 Å². The van der Waals surface area contributed by atoms with Crippen molar-refractivity contribution in [1.82, 2.24) is 10.2 Å². The average molecular weight is 489 g/mol. The summed E-state index contributed by atoms with van der Waals surface area (Å²) in [5.41, 5.74) is 4.55. The van der Waals surface area contributed by atoms with Crippen molar-refractivity contribution < 1.29 is 18.0 Å². The first-order chi connectivity index (χ1) is 16.7. The Morgan fingerprint density at radius 2 is 1.49 bits per heavy atom. The Hall–Kier alpha value is -3.45. The van der Waals surface area contributed by atoms with Crippen LogP contribution in [0.1, 0.15) is 33.9 Å². The molecule has 0 unspecified atom stereocenters. The number of nitrogens with one attached hydrogen (secondary N) is 1. The van der Waals surface area contributed by atoms with E-state index in [2.05, 4.69) is 17.4 Å². The molecule has 5 rings (SSSR count). The molecule has 0 bridgehead atoms. The highest BCUT2D eigenvalue weighted by atomic mass is 32.2. The first-order valence-corrected chi connectivity index (χ1v) is 13.6. The Kier molecular flexibility index (Phi) is 5.97. The Balaban J connectivity index is 1.55. The molecule has 2 amide bonds. The van der Waals surface area contributed by atoms with Crippen LogP contribution in [0.2, 0.25) is 0 Å². The average Bonchev–Trinajstić information content (AvgIpc) is 3.26. The van der Waals surface area contributed by atoms with E-state index in [0.717, 1.165) is 30.2 Å². The van der Waals surface area contributed by atoms with E-state index in [1.54, 1.807) is 29.2 Å². The summed E-state index contributed by atoms with van der Waals surface area (Å²) in [4.78, 5) is 29.4. The van der Waals surface area contributed by atoms with Gasteiger partial charge in [-0.1, -0.05) is 66.7 Å². The molecule has 1 aliphatic heterocycles. The molecule has 0 radical (unpaired) electrons.